The van der Waals surface area contributed by atoms with Crippen LogP contribution in [0.1, 0.15) is 11.6 Å². The Morgan fingerprint density at radius 1 is 1.10 bits per heavy atom. The Bertz CT molecular complexity index is 485. The zero-order valence-electron chi connectivity index (χ0n) is 11.1. The van der Waals surface area contributed by atoms with Gasteiger partial charge in [-0.15, -0.1) is 0 Å². The molecular weight excluding hydrogens is 298 g/mol. The standard InChI is InChI=1S/C10H12FNO2.C2HF3O2/c1-12(2)9(10(13)14)7-3-5-8(11)6-4-7;3-2(4,5)1(6)7/h3-6,9H,1-2H3,(H,13,14);(H,6,7). The van der Waals surface area contributed by atoms with Crippen LogP contribution >= 0.6 is 0 Å². The maximum atomic E-state index is 12.6. The SMILES string of the molecule is CN(C)C(C(=O)O)c1ccc(F)cc1.O=C(O)C(F)(F)F. The van der Waals surface area contributed by atoms with Gasteiger partial charge in [0.25, 0.3) is 0 Å². The number of benzene rings is 1. The van der Waals surface area contributed by atoms with Gasteiger partial charge >= 0.3 is 18.1 Å². The number of carbonyl (C=O) groups is 2. The molecule has 1 aromatic carbocycles. The second kappa shape index (κ2) is 7.58. The molecule has 0 aliphatic rings. The van der Waals surface area contributed by atoms with E-state index >= 15 is 0 Å². The van der Waals surface area contributed by atoms with Gasteiger partial charge in [-0.25, -0.2) is 9.18 Å². The average molecular weight is 311 g/mol. The number of halogens is 4. The largest absolute Gasteiger partial charge is 0.490 e. The molecule has 0 saturated heterocycles. The van der Waals surface area contributed by atoms with E-state index in [1.807, 2.05) is 0 Å². The molecule has 1 atom stereocenters. The first-order valence-corrected chi connectivity index (χ1v) is 5.41. The van der Waals surface area contributed by atoms with Crippen LogP contribution in [0, 0.1) is 5.82 Å². The van der Waals surface area contributed by atoms with Crippen LogP contribution in [0.15, 0.2) is 24.3 Å². The highest BCUT2D eigenvalue weighted by atomic mass is 19.4. The summed E-state index contributed by atoms with van der Waals surface area (Å²) in [4.78, 5) is 21.4. The first kappa shape index (κ1) is 18.8. The van der Waals surface area contributed by atoms with E-state index in [-0.39, 0.29) is 5.82 Å². The Labute approximate surface area is 117 Å². The summed E-state index contributed by atoms with van der Waals surface area (Å²) in [6.45, 7) is 0. The van der Waals surface area contributed by atoms with Crippen LogP contribution in [0.4, 0.5) is 17.6 Å². The molecule has 1 aromatic rings. The Hall–Kier alpha value is -2.16. The lowest BCUT2D eigenvalue weighted by Crippen LogP contribution is -2.27. The van der Waals surface area contributed by atoms with Crippen molar-refractivity contribution in [3.63, 3.8) is 0 Å². The van der Waals surface area contributed by atoms with Gasteiger partial charge in [0.05, 0.1) is 0 Å². The van der Waals surface area contributed by atoms with Crippen molar-refractivity contribution in [1.29, 1.82) is 0 Å². The predicted octanol–water partition coefficient (Wildman–Crippen LogP) is 2.15. The Balaban J connectivity index is 0.000000486. The highest BCUT2D eigenvalue weighted by Crippen LogP contribution is 2.18. The highest BCUT2D eigenvalue weighted by molar-refractivity contribution is 5.75. The minimum Gasteiger partial charge on any atom is -0.480 e. The zero-order chi connectivity index (χ0) is 16.8. The van der Waals surface area contributed by atoms with Gasteiger partial charge in [0, 0.05) is 0 Å². The van der Waals surface area contributed by atoms with E-state index in [4.69, 9.17) is 15.0 Å². The first-order valence-electron chi connectivity index (χ1n) is 5.41. The summed E-state index contributed by atoms with van der Waals surface area (Å²) in [7, 11) is 3.34. The van der Waals surface area contributed by atoms with Gasteiger partial charge in [-0.1, -0.05) is 12.1 Å². The van der Waals surface area contributed by atoms with E-state index in [1.165, 1.54) is 24.3 Å². The van der Waals surface area contributed by atoms with Crippen LogP contribution in [0.25, 0.3) is 0 Å². The number of likely N-dealkylation sites (N-methyl/N-ethyl adjacent to an activating group) is 1. The molecule has 21 heavy (non-hydrogen) atoms. The van der Waals surface area contributed by atoms with E-state index in [2.05, 4.69) is 0 Å². The third kappa shape index (κ3) is 6.70. The van der Waals surface area contributed by atoms with Crippen molar-refractivity contribution in [3.05, 3.63) is 35.6 Å². The summed E-state index contributed by atoms with van der Waals surface area (Å²) in [6, 6.07) is 4.75. The second-order valence-electron chi connectivity index (χ2n) is 4.06. The van der Waals surface area contributed by atoms with Crippen LogP contribution in [0.3, 0.4) is 0 Å². The van der Waals surface area contributed by atoms with Crippen LogP contribution < -0.4 is 0 Å². The topological polar surface area (TPSA) is 77.8 Å². The number of aliphatic carboxylic acids is 2. The van der Waals surface area contributed by atoms with Crippen molar-refractivity contribution in [1.82, 2.24) is 4.90 Å². The lowest BCUT2D eigenvalue weighted by atomic mass is 10.1. The molecule has 0 fully saturated rings. The average Bonchev–Trinajstić information content (AvgIpc) is 2.30. The predicted molar refractivity (Wildman–Crippen MR) is 64.2 cm³/mol. The number of hydrogen-bond acceptors (Lipinski definition) is 3. The first-order chi connectivity index (χ1) is 9.46. The molecule has 5 nitrogen and oxygen atoms in total. The van der Waals surface area contributed by atoms with Gasteiger partial charge in [0.2, 0.25) is 0 Å². The zero-order valence-corrected chi connectivity index (χ0v) is 11.1. The summed E-state index contributed by atoms with van der Waals surface area (Å²) in [6.07, 6.45) is -5.08. The normalized spacial score (nSPS) is 12.3. The molecule has 0 aliphatic carbocycles. The summed E-state index contributed by atoms with van der Waals surface area (Å²) in [5.41, 5.74) is 0.573. The fraction of sp³-hybridized carbons (Fsp3) is 0.333. The van der Waals surface area contributed by atoms with E-state index in [0.29, 0.717) is 5.56 Å². The molecule has 0 amide bonds. The van der Waals surface area contributed by atoms with Crippen LogP contribution in [-0.2, 0) is 9.59 Å². The molecule has 0 saturated carbocycles. The summed E-state index contributed by atoms with van der Waals surface area (Å²) >= 11 is 0. The molecule has 118 valence electrons. The lowest BCUT2D eigenvalue weighted by molar-refractivity contribution is -0.192. The van der Waals surface area contributed by atoms with Gasteiger partial charge in [-0.3, -0.25) is 9.69 Å². The third-order valence-electron chi connectivity index (χ3n) is 2.18. The number of carboxylic acids is 2. The van der Waals surface area contributed by atoms with Gasteiger partial charge in [-0.05, 0) is 31.8 Å². The van der Waals surface area contributed by atoms with Crippen molar-refractivity contribution < 1.29 is 37.4 Å². The van der Waals surface area contributed by atoms with Crippen LogP contribution in [0.5, 0.6) is 0 Å². The minimum atomic E-state index is -5.08. The van der Waals surface area contributed by atoms with Crippen LogP contribution in [0.2, 0.25) is 0 Å². The lowest BCUT2D eigenvalue weighted by Gasteiger charge is -2.20. The number of hydrogen-bond donors (Lipinski definition) is 2. The fourth-order valence-corrected chi connectivity index (χ4v) is 1.31. The maximum Gasteiger partial charge on any atom is 0.490 e. The minimum absolute atomic E-state index is 0.364. The van der Waals surface area contributed by atoms with Crippen LogP contribution in [-0.4, -0.2) is 47.3 Å². The molecule has 0 spiro atoms. The molecule has 2 N–H and O–H groups in total. The molecule has 1 rings (SSSR count). The smallest absolute Gasteiger partial charge is 0.480 e. The second-order valence-corrected chi connectivity index (χ2v) is 4.06. The molecule has 9 heteroatoms. The van der Waals surface area contributed by atoms with E-state index in [9.17, 15) is 22.4 Å². The molecule has 0 aliphatic heterocycles. The Morgan fingerprint density at radius 3 is 1.71 bits per heavy atom. The molecule has 0 radical (unpaired) electrons. The van der Waals surface area contributed by atoms with E-state index in [1.54, 1.807) is 19.0 Å². The monoisotopic (exact) mass is 311 g/mol. The van der Waals surface area contributed by atoms with Gasteiger partial charge in [0.1, 0.15) is 11.9 Å². The van der Waals surface area contributed by atoms with Gasteiger partial charge < -0.3 is 10.2 Å². The van der Waals surface area contributed by atoms with Crippen molar-refractivity contribution in [2.75, 3.05) is 14.1 Å². The fourth-order valence-electron chi connectivity index (χ4n) is 1.31. The quantitative estimate of drug-likeness (QED) is 0.836. The van der Waals surface area contributed by atoms with Crippen molar-refractivity contribution in [2.45, 2.75) is 12.2 Å². The molecule has 0 heterocycles. The van der Waals surface area contributed by atoms with Crippen molar-refractivity contribution in [2.24, 2.45) is 0 Å². The molecule has 0 aromatic heterocycles. The molecule has 0 bridgehead atoms. The van der Waals surface area contributed by atoms with E-state index < -0.39 is 24.2 Å². The van der Waals surface area contributed by atoms with Gasteiger partial charge in [-0.2, -0.15) is 13.2 Å². The Kier molecular flexibility index (Phi) is 6.80. The molecule has 1 unspecified atom stereocenters. The maximum absolute atomic E-state index is 12.6. The number of nitrogens with zero attached hydrogens (tertiary/aromatic N) is 1. The Morgan fingerprint density at radius 2 is 1.48 bits per heavy atom. The van der Waals surface area contributed by atoms with E-state index in [0.717, 1.165) is 0 Å². The number of rotatable bonds is 3. The number of alkyl halides is 3. The third-order valence-corrected chi connectivity index (χ3v) is 2.18. The summed E-state index contributed by atoms with van der Waals surface area (Å²) in [5, 5.41) is 16.1. The van der Waals surface area contributed by atoms with Crippen molar-refractivity contribution in [3.8, 4) is 0 Å². The highest BCUT2D eigenvalue weighted by Gasteiger charge is 2.38. The molecular formula is C12H13F4NO4. The summed E-state index contributed by atoms with van der Waals surface area (Å²) in [5.74, 6) is -4.06. The summed E-state index contributed by atoms with van der Waals surface area (Å²) < 4.78 is 44.3. The van der Waals surface area contributed by atoms with Gasteiger partial charge in [0.15, 0.2) is 0 Å². The van der Waals surface area contributed by atoms with Crippen molar-refractivity contribution >= 4 is 11.9 Å². The number of carboxylic acid groups (broad SMARTS) is 2.